The Labute approximate surface area is 154 Å². The van der Waals surface area contributed by atoms with Crippen LogP contribution in [-0.2, 0) is 4.43 Å². The molecule has 2 rings (SSSR count). The van der Waals surface area contributed by atoms with Crippen LogP contribution in [0.5, 0.6) is 0 Å². The van der Waals surface area contributed by atoms with Crippen molar-refractivity contribution < 1.29 is 4.43 Å². The Balaban J connectivity index is 2.45. The SMILES string of the molecule is CC[C@@H]1CC[C@@H](O[Si](C(C)C)(C(C)C)C(C)C)c2nccc(Cl)c21. The van der Waals surface area contributed by atoms with Gasteiger partial charge in [-0.25, -0.2) is 0 Å². The molecule has 0 unspecified atom stereocenters. The molecule has 2 atom stereocenters. The van der Waals surface area contributed by atoms with Crippen molar-refractivity contribution in [1.82, 2.24) is 4.98 Å². The van der Waals surface area contributed by atoms with Crippen LogP contribution in [0.3, 0.4) is 0 Å². The summed E-state index contributed by atoms with van der Waals surface area (Å²) in [6.45, 7) is 16.3. The first kappa shape index (κ1) is 19.9. The Bertz CT molecular complexity index is 537. The lowest BCUT2D eigenvalue weighted by atomic mass is 9.82. The highest BCUT2D eigenvalue weighted by molar-refractivity contribution is 6.77. The third kappa shape index (κ3) is 3.45. The minimum absolute atomic E-state index is 0.111. The highest BCUT2D eigenvalue weighted by Crippen LogP contribution is 2.49. The van der Waals surface area contributed by atoms with E-state index in [9.17, 15) is 0 Å². The second kappa shape index (κ2) is 7.88. The number of aromatic nitrogens is 1. The molecule has 0 aliphatic heterocycles. The number of hydrogen-bond acceptors (Lipinski definition) is 2. The number of fused-ring (bicyclic) bond motifs is 1. The van der Waals surface area contributed by atoms with Gasteiger partial charge in [-0.3, -0.25) is 4.98 Å². The van der Waals surface area contributed by atoms with Gasteiger partial charge in [0.15, 0.2) is 0 Å². The van der Waals surface area contributed by atoms with E-state index >= 15 is 0 Å². The van der Waals surface area contributed by atoms with Crippen LogP contribution in [0.2, 0.25) is 21.6 Å². The number of hydrogen-bond donors (Lipinski definition) is 0. The first-order valence-electron chi connectivity index (χ1n) is 9.57. The van der Waals surface area contributed by atoms with E-state index in [2.05, 4.69) is 48.5 Å². The van der Waals surface area contributed by atoms with Crippen LogP contribution in [-0.4, -0.2) is 13.3 Å². The van der Waals surface area contributed by atoms with Crippen LogP contribution in [0.1, 0.15) is 91.0 Å². The van der Waals surface area contributed by atoms with E-state index in [0.29, 0.717) is 22.5 Å². The molecule has 1 aliphatic carbocycles. The zero-order valence-electron chi connectivity index (χ0n) is 16.4. The normalized spacial score (nSPS) is 21.6. The highest BCUT2D eigenvalue weighted by Gasteiger charge is 2.48. The molecule has 1 aliphatic rings. The molecular formula is C20H34ClNOSi. The fraction of sp³-hybridized carbons (Fsp3) is 0.750. The Morgan fingerprint density at radius 2 is 1.71 bits per heavy atom. The van der Waals surface area contributed by atoms with Crippen molar-refractivity contribution in [2.24, 2.45) is 0 Å². The van der Waals surface area contributed by atoms with E-state index in [-0.39, 0.29) is 6.10 Å². The maximum Gasteiger partial charge on any atom is 0.201 e. The quantitative estimate of drug-likeness (QED) is 0.493. The van der Waals surface area contributed by atoms with E-state index in [1.807, 2.05) is 12.3 Å². The fourth-order valence-electron chi connectivity index (χ4n) is 4.94. The molecule has 24 heavy (non-hydrogen) atoms. The predicted molar refractivity (Wildman–Crippen MR) is 106 cm³/mol. The molecule has 1 heterocycles. The van der Waals surface area contributed by atoms with Gasteiger partial charge in [-0.05, 0) is 53.4 Å². The first-order valence-corrected chi connectivity index (χ1v) is 12.1. The summed E-state index contributed by atoms with van der Waals surface area (Å²) in [7, 11) is -1.92. The summed E-state index contributed by atoms with van der Waals surface area (Å²) in [6, 6.07) is 1.93. The van der Waals surface area contributed by atoms with Crippen molar-refractivity contribution in [3.8, 4) is 0 Å². The molecule has 0 saturated heterocycles. The second-order valence-electron chi connectivity index (χ2n) is 8.20. The molecule has 0 fully saturated rings. The monoisotopic (exact) mass is 367 g/mol. The predicted octanol–water partition coefficient (Wildman–Crippen LogP) is 7.26. The van der Waals surface area contributed by atoms with E-state index < -0.39 is 8.32 Å². The molecule has 0 radical (unpaired) electrons. The summed E-state index contributed by atoms with van der Waals surface area (Å²) >= 11 is 6.56. The molecule has 0 aromatic carbocycles. The molecule has 0 saturated carbocycles. The second-order valence-corrected chi connectivity index (χ2v) is 14.0. The Morgan fingerprint density at radius 3 is 2.21 bits per heavy atom. The molecule has 2 nitrogen and oxygen atoms in total. The minimum atomic E-state index is -1.92. The molecular weight excluding hydrogens is 334 g/mol. The Hall–Kier alpha value is -0.383. The van der Waals surface area contributed by atoms with Crippen molar-refractivity contribution in [3.63, 3.8) is 0 Å². The van der Waals surface area contributed by atoms with Crippen LogP contribution in [0.4, 0.5) is 0 Å². The summed E-state index contributed by atoms with van der Waals surface area (Å²) in [4.78, 5) is 4.73. The van der Waals surface area contributed by atoms with E-state index in [4.69, 9.17) is 21.0 Å². The lowest BCUT2D eigenvalue weighted by Crippen LogP contribution is -2.49. The van der Waals surface area contributed by atoms with Gasteiger partial charge in [0.05, 0.1) is 11.8 Å². The zero-order valence-corrected chi connectivity index (χ0v) is 18.2. The number of rotatable bonds is 6. The summed E-state index contributed by atoms with van der Waals surface area (Å²) < 4.78 is 7.06. The molecule has 4 heteroatoms. The third-order valence-electron chi connectivity index (χ3n) is 6.00. The van der Waals surface area contributed by atoms with Crippen molar-refractivity contribution in [3.05, 3.63) is 28.5 Å². The third-order valence-corrected chi connectivity index (χ3v) is 12.4. The lowest BCUT2D eigenvalue weighted by Gasteiger charge is -2.46. The minimum Gasteiger partial charge on any atom is -0.408 e. The van der Waals surface area contributed by atoms with Crippen molar-refractivity contribution in [2.75, 3.05) is 0 Å². The van der Waals surface area contributed by atoms with Crippen LogP contribution < -0.4 is 0 Å². The van der Waals surface area contributed by atoms with Gasteiger partial charge in [-0.1, -0.05) is 60.1 Å². The van der Waals surface area contributed by atoms with Crippen molar-refractivity contribution in [2.45, 2.75) is 96.4 Å². The fourth-order valence-corrected chi connectivity index (χ4v) is 10.8. The maximum atomic E-state index is 7.06. The highest BCUT2D eigenvalue weighted by atomic mass is 35.5. The smallest absolute Gasteiger partial charge is 0.201 e. The van der Waals surface area contributed by atoms with E-state index in [1.165, 1.54) is 5.56 Å². The van der Waals surface area contributed by atoms with Crippen molar-refractivity contribution >= 4 is 19.9 Å². The Morgan fingerprint density at radius 1 is 1.12 bits per heavy atom. The van der Waals surface area contributed by atoms with Gasteiger partial charge < -0.3 is 4.43 Å². The van der Waals surface area contributed by atoms with E-state index in [1.54, 1.807) is 0 Å². The molecule has 0 spiro atoms. The van der Waals surface area contributed by atoms with Crippen LogP contribution in [0.15, 0.2) is 12.3 Å². The molecule has 1 aromatic rings. The number of nitrogens with zero attached hydrogens (tertiary/aromatic N) is 1. The molecule has 0 bridgehead atoms. The first-order chi connectivity index (χ1) is 11.3. The van der Waals surface area contributed by atoms with Gasteiger partial charge in [0.1, 0.15) is 0 Å². The number of halogens is 1. The van der Waals surface area contributed by atoms with Crippen LogP contribution in [0.25, 0.3) is 0 Å². The molecule has 0 amide bonds. The molecule has 1 aromatic heterocycles. The van der Waals surface area contributed by atoms with Gasteiger partial charge in [0.2, 0.25) is 8.32 Å². The molecule has 0 N–H and O–H groups in total. The summed E-state index contributed by atoms with van der Waals surface area (Å²) in [5, 5.41) is 0.867. The summed E-state index contributed by atoms with van der Waals surface area (Å²) in [6.07, 6.45) is 5.30. The molecule has 136 valence electrons. The van der Waals surface area contributed by atoms with Gasteiger partial charge in [-0.15, -0.1) is 0 Å². The van der Waals surface area contributed by atoms with Gasteiger partial charge in [0, 0.05) is 11.2 Å². The zero-order chi connectivity index (χ0) is 18.1. The van der Waals surface area contributed by atoms with Crippen molar-refractivity contribution in [1.29, 1.82) is 0 Å². The average molecular weight is 368 g/mol. The summed E-state index contributed by atoms with van der Waals surface area (Å²) in [5.74, 6) is 0.522. The topological polar surface area (TPSA) is 22.1 Å². The maximum absolute atomic E-state index is 7.06. The summed E-state index contributed by atoms with van der Waals surface area (Å²) in [5.41, 5.74) is 4.12. The Kier molecular flexibility index (Phi) is 6.55. The van der Waals surface area contributed by atoms with E-state index in [0.717, 1.165) is 30.0 Å². The van der Waals surface area contributed by atoms with Gasteiger partial charge in [0.25, 0.3) is 0 Å². The largest absolute Gasteiger partial charge is 0.408 e. The van der Waals surface area contributed by atoms with Gasteiger partial charge >= 0.3 is 0 Å². The van der Waals surface area contributed by atoms with Gasteiger partial charge in [-0.2, -0.15) is 0 Å². The number of pyridine rings is 1. The standard InChI is InChI=1S/C20H34ClNOSi/c1-8-16-9-10-18(20-19(16)17(21)11-12-22-20)23-24(13(2)3,14(4)5)15(6)7/h11-16,18H,8-10H2,1-7H3/t16-,18-/m1/s1. The lowest BCUT2D eigenvalue weighted by molar-refractivity contribution is 0.145. The average Bonchev–Trinajstić information content (AvgIpc) is 2.51. The van der Waals surface area contributed by atoms with Crippen LogP contribution >= 0.6 is 11.6 Å². The van der Waals surface area contributed by atoms with Crippen LogP contribution in [0, 0.1) is 0 Å².